The summed E-state index contributed by atoms with van der Waals surface area (Å²) < 4.78 is 1.71. The molecule has 1 atom stereocenters. The number of hydrogen-bond donors (Lipinski definition) is 1. The predicted molar refractivity (Wildman–Crippen MR) is 63.8 cm³/mol. The first kappa shape index (κ1) is 11.6. The van der Waals surface area contributed by atoms with E-state index >= 15 is 0 Å². The molecule has 6 heteroatoms. The van der Waals surface area contributed by atoms with E-state index in [2.05, 4.69) is 10.1 Å². The van der Waals surface area contributed by atoms with Crippen molar-refractivity contribution in [2.45, 2.75) is 26.0 Å². The van der Waals surface area contributed by atoms with Crippen LogP contribution < -0.4 is 0 Å². The first-order valence-electron chi connectivity index (χ1n) is 4.90. The topological polar surface area (TPSA) is 50.9 Å². The Morgan fingerprint density at radius 1 is 1.50 bits per heavy atom. The number of rotatable bonds is 3. The third-order valence-corrected chi connectivity index (χ3v) is 3.16. The highest BCUT2D eigenvalue weighted by Gasteiger charge is 2.22. The lowest BCUT2D eigenvalue weighted by Crippen LogP contribution is -2.12. The number of nitrogens with zero attached hydrogens (tertiary/aromatic N) is 3. The number of aliphatic hydroxyl groups excluding tert-OH is 1. The van der Waals surface area contributed by atoms with Gasteiger partial charge in [0.25, 0.3) is 0 Å². The van der Waals surface area contributed by atoms with Crippen LogP contribution in [0.4, 0.5) is 0 Å². The van der Waals surface area contributed by atoms with Gasteiger partial charge in [0.05, 0.1) is 28.1 Å². The number of aliphatic hydroxyl groups is 1. The van der Waals surface area contributed by atoms with Crippen LogP contribution in [0.5, 0.6) is 0 Å². The number of aromatic nitrogens is 3. The Morgan fingerprint density at radius 3 is 2.81 bits per heavy atom. The minimum absolute atomic E-state index is 0.149. The zero-order valence-corrected chi connectivity index (χ0v) is 10.5. The van der Waals surface area contributed by atoms with Crippen LogP contribution in [0, 0.1) is 0 Å². The largest absolute Gasteiger partial charge is 0.380 e. The molecular formula is C10H12ClN3OS. The molecule has 0 aliphatic carbocycles. The van der Waals surface area contributed by atoms with E-state index in [1.165, 1.54) is 11.3 Å². The maximum atomic E-state index is 10.2. The van der Waals surface area contributed by atoms with Crippen LogP contribution in [0.15, 0.2) is 17.1 Å². The fraction of sp³-hybridized carbons (Fsp3) is 0.400. The standard InChI is InChI=1S/C10H12ClN3OS/c1-6(2)14-9(7(11)3-13-14)10(15)8-4-16-5-12-8/h3-6,10,15H,1-2H3. The van der Waals surface area contributed by atoms with E-state index in [0.717, 1.165) is 0 Å². The van der Waals surface area contributed by atoms with E-state index in [0.29, 0.717) is 16.4 Å². The molecule has 0 amide bonds. The zero-order valence-electron chi connectivity index (χ0n) is 8.96. The van der Waals surface area contributed by atoms with Gasteiger partial charge in [0.15, 0.2) is 0 Å². The molecule has 1 unspecified atom stereocenters. The minimum Gasteiger partial charge on any atom is -0.380 e. The molecule has 2 heterocycles. The Kier molecular flexibility index (Phi) is 3.28. The first-order valence-corrected chi connectivity index (χ1v) is 6.22. The molecule has 2 rings (SSSR count). The summed E-state index contributed by atoms with van der Waals surface area (Å²) in [6.45, 7) is 3.97. The van der Waals surface area contributed by atoms with Crippen molar-refractivity contribution < 1.29 is 5.11 Å². The van der Waals surface area contributed by atoms with Gasteiger partial charge in [-0.1, -0.05) is 11.6 Å². The van der Waals surface area contributed by atoms with Crippen LogP contribution in [0.2, 0.25) is 5.02 Å². The summed E-state index contributed by atoms with van der Waals surface area (Å²) in [4.78, 5) is 4.08. The summed E-state index contributed by atoms with van der Waals surface area (Å²) in [5.41, 5.74) is 2.89. The second-order valence-electron chi connectivity index (χ2n) is 3.73. The molecule has 0 aliphatic rings. The van der Waals surface area contributed by atoms with Gasteiger partial charge in [0.1, 0.15) is 6.10 Å². The lowest BCUT2D eigenvalue weighted by molar-refractivity contribution is 0.201. The third-order valence-electron chi connectivity index (χ3n) is 2.27. The van der Waals surface area contributed by atoms with Gasteiger partial charge in [-0.3, -0.25) is 4.68 Å². The van der Waals surface area contributed by atoms with Crippen molar-refractivity contribution in [3.63, 3.8) is 0 Å². The van der Waals surface area contributed by atoms with E-state index < -0.39 is 6.10 Å². The van der Waals surface area contributed by atoms with Crippen molar-refractivity contribution in [3.05, 3.63) is 33.5 Å². The van der Waals surface area contributed by atoms with Gasteiger partial charge in [0, 0.05) is 11.4 Å². The van der Waals surface area contributed by atoms with Crippen LogP contribution in [-0.4, -0.2) is 19.9 Å². The van der Waals surface area contributed by atoms with Crippen LogP contribution in [0.25, 0.3) is 0 Å². The molecule has 0 spiro atoms. The summed E-state index contributed by atoms with van der Waals surface area (Å²) in [5.74, 6) is 0. The van der Waals surface area contributed by atoms with E-state index in [9.17, 15) is 5.11 Å². The van der Waals surface area contributed by atoms with Crippen LogP contribution in [0.1, 0.15) is 37.4 Å². The second-order valence-corrected chi connectivity index (χ2v) is 4.86. The average molecular weight is 258 g/mol. The van der Waals surface area contributed by atoms with E-state index in [-0.39, 0.29) is 6.04 Å². The molecule has 2 aromatic heterocycles. The van der Waals surface area contributed by atoms with E-state index in [4.69, 9.17) is 11.6 Å². The van der Waals surface area contributed by atoms with Gasteiger partial charge >= 0.3 is 0 Å². The second kappa shape index (κ2) is 4.53. The quantitative estimate of drug-likeness (QED) is 0.920. The normalized spacial score (nSPS) is 13.3. The monoisotopic (exact) mass is 257 g/mol. The Morgan fingerprint density at radius 2 is 2.25 bits per heavy atom. The molecule has 0 aromatic carbocycles. The molecule has 4 nitrogen and oxygen atoms in total. The van der Waals surface area contributed by atoms with Crippen molar-refractivity contribution in [3.8, 4) is 0 Å². The molecule has 2 aromatic rings. The minimum atomic E-state index is -0.816. The zero-order chi connectivity index (χ0) is 11.7. The predicted octanol–water partition coefficient (Wildman–Crippen LogP) is 2.66. The Labute approximate surface area is 103 Å². The summed E-state index contributed by atoms with van der Waals surface area (Å²) >= 11 is 7.47. The lowest BCUT2D eigenvalue weighted by atomic mass is 10.2. The van der Waals surface area contributed by atoms with Gasteiger partial charge in [-0.2, -0.15) is 5.10 Å². The Bertz CT molecular complexity index is 466. The van der Waals surface area contributed by atoms with E-state index in [1.807, 2.05) is 13.8 Å². The van der Waals surface area contributed by atoms with Crippen LogP contribution in [-0.2, 0) is 0 Å². The van der Waals surface area contributed by atoms with Crippen molar-refractivity contribution in [1.82, 2.24) is 14.8 Å². The molecule has 0 aliphatic heterocycles. The van der Waals surface area contributed by atoms with Crippen LogP contribution >= 0.6 is 22.9 Å². The highest BCUT2D eigenvalue weighted by Crippen LogP contribution is 2.29. The summed E-state index contributed by atoms with van der Waals surface area (Å²) in [5, 5.41) is 16.6. The maximum absolute atomic E-state index is 10.2. The molecule has 16 heavy (non-hydrogen) atoms. The SMILES string of the molecule is CC(C)n1ncc(Cl)c1C(O)c1cscn1. The fourth-order valence-corrected chi connectivity index (χ4v) is 2.32. The molecule has 1 N–H and O–H groups in total. The lowest BCUT2D eigenvalue weighted by Gasteiger charge is -2.14. The number of thiazole rings is 1. The molecule has 0 fully saturated rings. The highest BCUT2D eigenvalue weighted by molar-refractivity contribution is 7.07. The molecule has 86 valence electrons. The maximum Gasteiger partial charge on any atom is 0.140 e. The third kappa shape index (κ3) is 1.98. The van der Waals surface area contributed by atoms with Crippen molar-refractivity contribution in [2.75, 3.05) is 0 Å². The molecule has 0 bridgehead atoms. The molecule has 0 saturated heterocycles. The van der Waals surface area contributed by atoms with Gasteiger partial charge < -0.3 is 5.11 Å². The van der Waals surface area contributed by atoms with Crippen molar-refractivity contribution >= 4 is 22.9 Å². The summed E-state index contributed by atoms with van der Waals surface area (Å²) in [6, 6.07) is 0.149. The van der Waals surface area contributed by atoms with Gasteiger partial charge in [-0.25, -0.2) is 4.98 Å². The number of halogens is 1. The molecule has 0 radical (unpaired) electrons. The smallest absolute Gasteiger partial charge is 0.140 e. The molecular weight excluding hydrogens is 246 g/mol. The highest BCUT2D eigenvalue weighted by atomic mass is 35.5. The Balaban J connectivity index is 2.43. The van der Waals surface area contributed by atoms with Crippen LogP contribution in [0.3, 0.4) is 0 Å². The van der Waals surface area contributed by atoms with Crippen molar-refractivity contribution in [2.24, 2.45) is 0 Å². The van der Waals surface area contributed by atoms with Gasteiger partial charge in [-0.05, 0) is 13.8 Å². The first-order chi connectivity index (χ1) is 7.61. The number of hydrogen-bond acceptors (Lipinski definition) is 4. The molecule has 0 saturated carbocycles. The average Bonchev–Trinajstić information content (AvgIpc) is 2.84. The Hall–Kier alpha value is -0.910. The fourth-order valence-electron chi connectivity index (χ4n) is 1.52. The summed E-state index contributed by atoms with van der Waals surface area (Å²) in [7, 11) is 0. The summed E-state index contributed by atoms with van der Waals surface area (Å²) in [6.07, 6.45) is 0.732. The van der Waals surface area contributed by atoms with Crippen molar-refractivity contribution in [1.29, 1.82) is 0 Å². The van der Waals surface area contributed by atoms with E-state index in [1.54, 1.807) is 21.8 Å². The van der Waals surface area contributed by atoms with Gasteiger partial charge in [0.2, 0.25) is 0 Å². The van der Waals surface area contributed by atoms with Gasteiger partial charge in [-0.15, -0.1) is 11.3 Å².